The van der Waals surface area contributed by atoms with Gasteiger partial charge in [-0.25, -0.2) is 0 Å². The molecule has 0 saturated heterocycles. The standard InChI is InChI=1S/C14H23NO2/c1-12(9-11-16-2)15-10-8-13-6-4-5-7-14(13)17-3/h4-7,12,15H,8-11H2,1-3H3. The highest BCUT2D eigenvalue weighted by molar-refractivity contribution is 5.33. The first-order valence-electron chi connectivity index (χ1n) is 6.12. The quantitative estimate of drug-likeness (QED) is 0.752. The molecule has 1 unspecified atom stereocenters. The maximum atomic E-state index is 5.32. The fraction of sp³-hybridized carbons (Fsp3) is 0.571. The van der Waals surface area contributed by atoms with Crippen LogP contribution in [0, 0.1) is 0 Å². The first-order chi connectivity index (χ1) is 8.27. The maximum Gasteiger partial charge on any atom is 0.122 e. The summed E-state index contributed by atoms with van der Waals surface area (Å²) in [5.74, 6) is 0.971. The van der Waals surface area contributed by atoms with E-state index in [1.807, 2.05) is 18.2 Å². The van der Waals surface area contributed by atoms with Gasteiger partial charge in [0.05, 0.1) is 7.11 Å². The third kappa shape index (κ3) is 5.20. The molecule has 1 aromatic rings. The van der Waals surface area contributed by atoms with Crippen molar-refractivity contribution in [1.29, 1.82) is 0 Å². The van der Waals surface area contributed by atoms with E-state index >= 15 is 0 Å². The van der Waals surface area contributed by atoms with Crippen LogP contribution in [-0.4, -0.2) is 33.4 Å². The topological polar surface area (TPSA) is 30.5 Å². The van der Waals surface area contributed by atoms with Crippen LogP contribution in [0.4, 0.5) is 0 Å². The lowest BCUT2D eigenvalue weighted by atomic mass is 10.1. The highest BCUT2D eigenvalue weighted by Gasteiger charge is 2.03. The Balaban J connectivity index is 2.30. The van der Waals surface area contributed by atoms with Gasteiger partial charge in [-0.05, 0) is 37.9 Å². The first-order valence-corrected chi connectivity index (χ1v) is 6.12. The molecule has 96 valence electrons. The minimum atomic E-state index is 0.490. The van der Waals surface area contributed by atoms with Crippen molar-refractivity contribution in [3.8, 4) is 5.75 Å². The molecular weight excluding hydrogens is 214 g/mol. The molecule has 1 atom stereocenters. The summed E-state index contributed by atoms with van der Waals surface area (Å²) in [7, 11) is 3.45. The monoisotopic (exact) mass is 237 g/mol. The third-order valence-corrected chi connectivity index (χ3v) is 2.83. The summed E-state index contributed by atoms with van der Waals surface area (Å²) in [6.07, 6.45) is 2.03. The largest absolute Gasteiger partial charge is 0.496 e. The van der Waals surface area contributed by atoms with Gasteiger partial charge in [-0.2, -0.15) is 0 Å². The van der Waals surface area contributed by atoms with E-state index < -0.39 is 0 Å². The van der Waals surface area contributed by atoms with Crippen molar-refractivity contribution in [3.63, 3.8) is 0 Å². The Bertz CT molecular complexity index is 315. The van der Waals surface area contributed by atoms with Gasteiger partial charge in [0.1, 0.15) is 5.75 Å². The molecule has 0 bridgehead atoms. The van der Waals surface area contributed by atoms with Crippen molar-refractivity contribution < 1.29 is 9.47 Å². The highest BCUT2D eigenvalue weighted by Crippen LogP contribution is 2.17. The van der Waals surface area contributed by atoms with Crippen LogP contribution in [0.3, 0.4) is 0 Å². The van der Waals surface area contributed by atoms with Gasteiger partial charge in [0.15, 0.2) is 0 Å². The van der Waals surface area contributed by atoms with Crippen LogP contribution in [0.1, 0.15) is 18.9 Å². The van der Waals surface area contributed by atoms with Gasteiger partial charge < -0.3 is 14.8 Å². The number of benzene rings is 1. The van der Waals surface area contributed by atoms with E-state index in [1.54, 1.807) is 14.2 Å². The predicted molar refractivity (Wildman–Crippen MR) is 70.7 cm³/mol. The number of hydrogen-bond acceptors (Lipinski definition) is 3. The minimum Gasteiger partial charge on any atom is -0.496 e. The Morgan fingerprint density at radius 3 is 2.71 bits per heavy atom. The lowest BCUT2D eigenvalue weighted by Crippen LogP contribution is -2.29. The smallest absolute Gasteiger partial charge is 0.122 e. The SMILES string of the molecule is COCCC(C)NCCc1ccccc1OC. The van der Waals surface area contributed by atoms with Gasteiger partial charge in [0.2, 0.25) is 0 Å². The summed E-state index contributed by atoms with van der Waals surface area (Å²) >= 11 is 0. The van der Waals surface area contributed by atoms with E-state index in [4.69, 9.17) is 9.47 Å². The van der Waals surface area contributed by atoms with Crippen molar-refractivity contribution in [2.75, 3.05) is 27.4 Å². The molecule has 1 N–H and O–H groups in total. The van der Waals surface area contributed by atoms with Crippen molar-refractivity contribution in [3.05, 3.63) is 29.8 Å². The molecule has 3 nitrogen and oxygen atoms in total. The number of ether oxygens (including phenoxy) is 2. The number of rotatable bonds is 8. The molecule has 1 aromatic carbocycles. The fourth-order valence-corrected chi connectivity index (χ4v) is 1.76. The normalized spacial score (nSPS) is 12.4. The summed E-state index contributed by atoms with van der Waals surface area (Å²) in [5, 5.41) is 3.48. The molecule has 0 fully saturated rings. The van der Waals surface area contributed by atoms with E-state index in [0.717, 1.165) is 31.7 Å². The van der Waals surface area contributed by atoms with E-state index in [9.17, 15) is 0 Å². The molecule has 3 heteroatoms. The Hall–Kier alpha value is -1.06. The first kappa shape index (κ1) is 14.0. The second kappa shape index (κ2) is 8.09. The molecule has 0 saturated carbocycles. The molecular formula is C14H23NO2. The number of hydrogen-bond donors (Lipinski definition) is 1. The summed E-state index contributed by atoms with van der Waals surface area (Å²) in [6, 6.07) is 8.65. The summed E-state index contributed by atoms with van der Waals surface area (Å²) in [6.45, 7) is 3.95. The Morgan fingerprint density at radius 1 is 1.24 bits per heavy atom. The number of methoxy groups -OCH3 is 2. The van der Waals surface area contributed by atoms with Crippen molar-refractivity contribution in [2.45, 2.75) is 25.8 Å². The Morgan fingerprint density at radius 2 is 2.00 bits per heavy atom. The van der Waals surface area contributed by atoms with E-state index in [2.05, 4.69) is 18.3 Å². The van der Waals surface area contributed by atoms with Crippen molar-refractivity contribution >= 4 is 0 Å². The van der Waals surface area contributed by atoms with Crippen LogP contribution < -0.4 is 10.1 Å². The lowest BCUT2D eigenvalue weighted by Gasteiger charge is -2.14. The van der Waals surface area contributed by atoms with Gasteiger partial charge in [-0.1, -0.05) is 18.2 Å². The Kier molecular flexibility index (Phi) is 6.67. The predicted octanol–water partition coefficient (Wildman–Crippen LogP) is 2.25. The van der Waals surface area contributed by atoms with Gasteiger partial charge in [0, 0.05) is 19.8 Å². The molecule has 0 aliphatic heterocycles. The molecule has 0 heterocycles. The summed E-state index contributed by atoms with van der Waals surface area (Å²) in [5.41, 5.74) is 1.25. The Labute approximate surface area is 104 Å². The molecule has 17 heavy (non-hydrogen) atoms. The van der Waals surface area contributed by atoms with Crippen molar-refractivity contribution in [2.24, 2.45) is 0 Å². The lowest BCUT2D eigenvalue weighted by molar-refractivity contribution is 0.185. The molecule has 0 aliphatic rings. The van der Waals surface area contributed by atoms with Gasteiger partial charge >= 0.3 is 0 Å². The van der Waals surface area contributed by atoms with Gasteiger partial charge in [0.25, 0.3) is 0 Å². The number of para-hydroxylation sites is 1. The highest BCUT2D eigenvalue weighted by atomic mass is 16.5. The van der Waals surface area contributed by atoms with Crippen LogP contribution in [0.15, 0.2) is 24.3 Å². The van der Waals surface area contributed by atoms with E-state index in [0.29, 0.717) is 6.04 Å². The number of nitrogens with one attached hydrogen (secondary N) is 1. The summed E-state index contributed by atoms with van der Waals surface area (Å²) < 4.78 is 10.4. The molecule has 0 aromatic heterocycles. The maximum absolute atomic E-state index is 5.32. The second-order valence-electron chi connectivity index (χ2n) is 4.20. The van der Waals surface area contributed by atoms with Crippen molar-refractivity contribution in [1.82, 2.24) is 5.32 Å². The minimum absolute atomic E-state index is 0.490. The third-order valence-electron chi connectivity index (χ3n) is 2.83. The van der Waals surface area contributed by atoms with Crippen LogP contribution in [0.2, 0.25) is 0 Å². The molecule has 0 amide bonds. The molecule has 0 radical (unpaired) electrons. The molecule has 0 aliphatic carbocycles. The van der Waals surface area contributed by atoms with Crippen LogP contribution in [0.25, 0.3) is 0 Å². The van der Waals surface area contributed by atoms with E-state index in [1.165, 1.54) is 5.56 Å². The zero-order valence-corrected chi connectivity index (χ0v) is 11.0. The van der Waals surface area contributed by atoms with E-state index in [-0.39, 0.29) is 0 Å². The van der Waals surface area contributed by atoms with Crippen LogP contribution >= 0.6 is 0 Å². The van der Waals surface area contributed by atoms with Crippen LogP contribution in [-0.2, 0) is 11.2 Å². The van der Waals surface area contributed by atoms with Gasteiger partial charge in [-0.3, -0.25) is 0 Å². The average Bonchev–Trinajstić information content (AvgIpc) is 2.37. The van der Waals surface area contributed by atoms with Gasteiger partial charge in [-0.15, -0.1) is 0 Å². The zero-order valence-electron chi connectivity index (χ0n) is 11.0. The zero-order chi connectivity index (χ0) is 12.5. The summed E-state index contributed by atoms with van der Waals surface area (Å²) in [4.78, 5) is 0. The fourth-order valence-electron chi connectivity index (χ4n) is 1.76. The molecule has 0 spiro atoms. The average molecular weight is 237 g/mol. The van der Waals surface area contributed by atoms with Crippen LogP contribution in [0.5, 0.6) is 5.75 Å². The molecule has 1 rings (SSSR count). The second-order valence-corrected chi connectivity index (χ2v) is 4.20.